The van der Waals surface area contributed by atoms with E-state index in [1.54, 1.807) is 29.2 Å². The molecule has 0 aromatic heterocycles. The Balaban J connectivity index is 1.58. The van der Waals surface area contributed by atoms with Crippen LogP contribution >= 0.6 is 0 Å². The van der Waals surface area contributed by atoms with E-state index in [1.165, 1.54) is 0 Å². The summed E-state index contributed by atoms with van der Waals surface area (Å²) in [7, 11) is 0. The van der Waals surface area contributed by atoms with Crippen molar-refractivity contribution < 1.29 is 23.9 Å². The van der Waals surface area contributed by atoms with Crippen LogP contribution in [-0.4, -0.2) is 60.1 Å². The number of carbonyl (C=O) groups is 3. The molecule has 7 nitrogen and oxygen atoms in total. The second-order valence-electron chi connectivity index (χ2n) is 6.24. The Morgan fingerprint density at radius 1 is 1.28 bits per heavy atom. The number of nitrogens with zero attached hydrogens (tertiary/aromatic N) is 2. The number of rotatable bonds is 6. The molecular formula is C18H22N2O5. The Labute approximate surface area is 146 Å². The van der Waals surface area contributed by atoms with Gasteiger partial charge in [0.2, 0.25) is 0 Å². The number of cyclic esters (lactones) is 1. The third kappa shape index (κ3) is 3.75. The lowest BCUT2D eigenvalue weighted by Gasteiger charge is -2.20. The molecule has 0 aliphatic carbocycles. The molecule has 2 aliphatic rings. The molecule has 0 radical (unpaired) electrons. The number of amides is 3. The highest BCUT2D eigenvalue weighted by Gasteiger charge is 2.41. The standard InChI is InChI=1S/C18H22N2O5/c1-2-3-10-24-15-6-4-13(5-7-15)17(22)19-9-8-14(11-19)20-16(21)12-25-18(20)23/h4-7,14H,2-3,8-12H2,1H3/t14-/m0/s1. The van der Waals surface area contributed by atoms with Gasteiger partial charge in [-0.25, -0.2) is 9.69 Å². The van der Waals surface area contributed by atoms with Gasteiger partial charge in [-0.15, -0.1) is 0 Å². The number of hydrogen-bond acceptors (Lipinski definition) is 5. The zero-order valence-electron chi connectivity index (χ0n) is 14.3. The molecule has 2 aliphatic heterocycles. The van der Waals surface area contributed by atoms with Crippen LogP contribution in [0.1, 0.15) is 36.5 Å². The van der Waals surface area contributed by atoms with Crippen molar-refractivity contribution in [3.05, 3.63) is 29.8 Å². The summed E-state index contributed by atoms with van der Waals surface area (Å²) in [6, 6.07) is 6.76. The Hall–Kier alpha value is -2.57. The zero-order chi connectivity index (χ0) is 17.8. The number of ether oxygens (including phenoxy) is 2. The van der Waals surface area contributed by atoms with Gasteiger partial charge in [-0.2, -0.15) is 0 Å². The zero-order valence-corrected chi connectivity index (χ0v) is 14.3. The van der Waals surface area contributed by atoms with Crippen LogP contribution in [0.4, 0.5) is 4.79 Å². The summed E-state index contributed by atoms with van der Waals surface area (Å²) >= 11 is 0. The molecule has 7 heteroatoms. The Morgan fingerprint density at radius 2 is 2.04 bits per heavy atom. The van der Waals surface area contributed by atoms with E-state index < -0.39 is 6.09 Å². The van der Waals surface area contributed by atoms with Crippen molar-refractivity contribution in [2.24, 2.45) is 0 Å². The normalized spacial score (nSPS) is 20.1. The summed E-state index contributed by atoms with van der Waals surface area (Å²) in [4.78, 5) is 38.8. The first-order chi connectivity index (χ1) is 12.1. The van der Waals surface area contributed by atoms with Crippen molar-refractivity contribution in [1.29, 1.82) is 0 Å². The lowest BCUT2D eigenvalue weighted by Crippen LogP contribution is -2.42. The van der Waals surface area contributed by atoms with E-state index in [0.29, 0.717) is 31.7 Å². The topological polar surface area (TPSA) is 76.2 Å². The molecular weight excluding hydrogens is 324 g/mol. The molecule has 2 heterocycles. The number of likely N-dealkylation sites (tertiary alicyclic amines) is 1. The number of carbonyl (C=O) groups excluding carboxylic acids is 3. The molecule has 1 atom stereocenters. The summed E-state index contributed by atoms with van der Waals surface area (Å²) in [5, 5.41) is 0. The predicted octanol–water partition coefficient (Wildman–Crippen LogP) is 2.06. The second kappa shape index (κ2) is 7.55. The molecule has 0 saturated carbocycles. The van der Waals surface area contributed by atoms with Crippen LogP contribution in [0, 0.1) is 0 Å². The lowest BCUT2D eigenvalue weighted by molar-refractivity contribution is -0.127. The van der Waals surface area contributed by atoms with Gasteiger partial charge >= 0.3 is 6.09 Å². The van der Waals surface area contributed by atoms with Gasteiger partial charge in [0.25, 0.3) is 11.8 Å². The van der Waals surface area contributed by atoms with E-state index in [1.807, 2.05) is 0 Å². The molecule has 0 unspecified atom stereocenters. The maximum atomic E-state index is 12.6. The molecule has 0 spiro atoms. The quantitative estimate of drug-likeness (QED) is 0.737. The fourth-order valence-electron chi connectivity index (χ4n) is 3.06. The number of hydrogen-bond donors (Lipinski definition) is 0. The summed E-state index contributed by atoms with van der Waals surface area (Å²) in [6.45, 7) is 3.41. The van der Waals surface area contributed by atoms with Crippen LogP contribution in [0.5, 0.6) is 5.75 Å². The van der Waals surface area contributed by atoms with Crippen molar-refractivity contribution in [3.8, 4) is 5.75 Å². The Bertz CT molecular complexity index is 642. The molecule has 0 N–H and O–H groups in total. The maximum Gasteiger partial charge on any atom is 0.417 e. The molecule has 1 aromatic rings. The van der Waals surface area contributed by atoms with Crippen molar-refractivity contribution in [3.63, 3.8) is 0 Å². The fourth-order valence-corrected chi connectivity index (χ4v) is 3.06. The van der Waals surface area contributed by atoms with Crippen LogP contribution in [0.25, 0.3) is 0 Å². The molecule has 3 amide bonds. The minimum Gasteiger partial charge on any atom is -0.494 e. The average Bonchev–Trinajstić information content (AvgIpc) is 3.22. The Kier molecular flexibility index (Phi) is 5.21. The van der Waals surface area contributed by atoms with E-state index in [9.17, 15) is 14.4 Å². The molecule has 3 rings (SSSR count). The molecule has 1 aromatic carbocycles. The Morgan fingerprint density at radius 3 is 2.68 bits per heavy atom. The van der Waals surface area contributed by atoms with E-state index >= 15 is 0 Å². The first-order valence-corrected chi connectivity index (χ1v) is 8.61. The van der Waals surface area contributed by atoms with Crippen LogP contribution in [0.15, 0.2) is 24.3 Å². The van der Waals surface area contributed by atoms with E-state index in [-0.39, 0.29) is 24.5 Å². The van der Waals surface area contributed by atoms with Gasteiger partial charge in [0.1, 0.15) is 5.75 Å². The van der Waals surface area contributed by atoms with Crippen LogP contribution < -0.4 is 4.74 Å². The predicted molar refractivity (Wildman–Crippen MR) is 89.3 cm³/mol. The van der Waals surface area contributed by atoms with Crippen molar-refractivity contribution in [2.45, 2.75) is 32.2 Å². The average molecular weight is 346 g/mol. The van der Waals surface area contributed by atoms with Crippen molar-refractivity contribution in [2.75, 3.05) is 26.3 Å². The highest BCUT2D eigenvalue weighted by molar-refractivity contribution is 5.98. The minimum atomic E-state index is -0.613. The molecule has 0 bridgehead atoms. The smallest absolute Gasteiger partial charge is 0.417 e. The number of imide groups is 1. The van der Waals surface area contributed by atoms with Gasteiger partial charge in [0, 0.05) is 18.7 Å². The van der Waals surface area contributed by atoms with E-state index in [4.69, 9.17) is 9.47 Å². The largest absolute Gasteiger partial charge is 0.494 e. The van der Waals surface area contributed by atoms with Crippen LogP contribution in [0.3, 0.4) is 0 Å². The van der Waals surface area contributed by atoms with Crippen molar-refractivity contribution in [1.82, 2.24) is 9.80 Å². The summed E-state index contributed by atoms with van der Waals surface area (Å²) < 4.78 is 10.3. The van der Waals surface area contributed by atoms with Crippen molar-refractivity contribution >= 4 is 17.9 Å². The summed E-state index contributed by atoms with van der Waals surface area (Å²) in [6.07, 6.45) is 2.02. The molecule has 25 heavy (non-hydrogen) atoms. The van der Waals surface area contributed by atoms with Crippen LogP contribution in [0.2, 0.25) is 0 Å². The maximum absolute atomic E-state index is 12.6. The minimum absolute atomic E-state index is 0.109. The highest BCUT2D eigenvalue weighted by atomic mass is 16.6. The van der Waals surface area contributed by atoms with Gasteiger partial charge in [-0.1, -0.05) is 13.3 Å². The van der Waals surface area contributed by atoms with Gasteiger partial charge in [-0.3, -0.25) is 9.59 Å². The monoisotopic (exact) mass is 346 g/mol. The van der Waals surface area contributed by atoms with E-state index in [2.05, 4.69) is 6.92 Å². The fraction of sp³-hybridized carbons (Fsp3) is 0.500. The third-order valence-corrected chi connectivity index (χ3v) is 4.47. The number of benzene rings is 1. The molecule has 134 valence electrons. The molecule has 2 saturated heterocycles. The highest BCUT2D eigenvalue weighted by Crippen LogP contribution is 2.22. The van der Waals surface area contributed by atoms with Gasteiger partial charge < -0.3 is 14.4 Å². The lowest BCUT2D eigenvalue weighted by atomic mass is 10.2. The second-order valence-corrected chi connectivity index (χ2v) is 6.24. The first kappa shape index (κ1) is 17.3. The third-order valence-electron chi connectivity index (χ3n) is 4.47. The van der Waals surface area contributed by atoms with Gasteiger partial charge in [0.15, 0.2) is 6.61 Å². The first-order valence-electron chi connectivity index (χ1n) is 8.61. The SMILES string of the molecule is CCCCOc1ccc(C(=O)N2CC[C@H](N3C(=O)COC3=O)C2)cc1. The summed E-state index contributed by atoms with van der Waals surface area (Å²) in [5.41, 5.74) is 0.568. The van der Waals surface area contributed by atoms with E-state index in [0.717, 1.165) is 23.5 Å². The van der Waals surface area contributed by atoms with Gasteiger partial charge in [-0.05, 0) is 37.1 Å². The van der Waals surface area contributed by atoms with Gasteiger partial charge in [0.05, 0.1) is 12.6 Å². The molecule has 2 fully saturated rings. The van der Waals surface area contributed by atoms with Crippen LogP contribution in [-0.2, 0) is 9.53 Å². The number of unbranched alkanes of at least 4 members (excludes halogenated alkanes) is 1. The summed E-state index contributed by atoms with van der Waals surface area (Å²) in [5.74, 6) is 0.301.